The van der Waals surface area contributed by atoms with Gasteiger partial charge in [-0.15, -0.1) is 0 Å². The lowest BCUT2D eigenvalue weighted by atomic mass is 10.0. The zero-order valence-electron chi connectivity index (χ0n) is 19.4. The van der Waals surface area contributed by atoms with E-state index < -0.39 is 29.8 Å². The molecule has 1 amide bonds. The van der Waals surface area contributed by atoms with Gasteiger partial charge in [-0.1, -0.05) is 42.8 Å². The molecule has 0 radical (unpaired) electrons. The number of esters is 1. The van der Waals surface area contributed by atoms with E-state index in [1.165, 1.54) is 43.3 Å². The topological polar surface area (TPSA) is 131 Å². The number of halogens is 2. The Hall–Kier alpha value is -3.96. The Labute approximate surface area is 210 Å². The second-order valence-electron chi connectivity index (χ2n) is 7.55. The molecular weight excluding hydrogens is 497 g/mol. The van der Waals surface area contributed by atoms with Crippen molar-refractivity contribution in [3.8, 4) is 17.0 Å². The molecule has 0 saturated heterocycles. The van der Waals surface area contributed by atoms with Crippen LogP contribution in [0, 0.1) is 5.82 Å². The number of methoxy groups -OCH3 is 1. The van der Waals surface area contributed by atoms with Gasteiger partial charge in [0.05, 0.1) is 19.7 Å². The molecule has 36 heavy (non-hydrogen) atoms. The molecular formula is C24H23ClFN3O7. The number of carbonyl (C=O) groups is 3. The second-order valence-corrected chi connectivity index (χ2v) is 7.98. The number of carboxylic acid groups (broad SMARTS) is 1. The van der Waals surface area contributed by atoms with Gasteiger partial charge in [-0.05, 0) is 34.5 Å². The summed E-state index contributed by atoms with van der Waals surface area (Å²) in [4.78, 5) is 36.1. The molecule has 0 aliphatic rings. The smallest absolute Gasteiger partial charge is 0.346 e. The fraction of sp³-hybridized carbons (Fsp3) is 0.250. The van der Waals surface area contributed by atoms with Gasteiger partial charge in [-0.2, -0.15) is 0 Å². The van der Waals surface area contributed by atoms with E-state index in [4.69, 9.17) is 25.6 Å². The molecule has 3 aromatic rings. The maximum absolute atomic E-state index is 14.2. The number of rotatable bonds is 11. The Morgan fingerprint density at radius 1 is 1.19 bits per heavy atom. The highest BCUT2D eigenvalue weighted by molar-refractivity contribution is 6.30. The number of benzene rings is 2. The first-order valence-corrected chi connectivity index (χ1v) is 11.1. The molecule has 1 aromatic heterocycles. The van der Waals surface area contributed by atoms with Crippen molar-refractivity contribution in [2.45, 2.75) is 26.0 Å². The van der Waals surface area contributed by atoms with Crippen LogP contribution in [0.2, 0.25) is 5.02 Å². The van der Waals surface area contributed by atoms with Crippen LogP contribution < -0.4 is 10.2 Å². The van der Waals surface area contributed by atoms with Gasteiger partial charge in [-0.25, -0.2) is 14.2 Å². The molecule has 0 spiro atoms. The monoisotopic (exact) mass is 519 g/mol. The molecule has 1 atom stereocenters. The summed E-state index contributed by atoms with van der Waals surface area (Å²) < 4.78 is 29.0. The van der Waals surface area contributed by atoms with Crippen LogP contribution >= 0.6 is 11.6 Å². The number of nitrogens with one attached hydrogen (secondary N) is 1. The Morgan fingerprint density at radius 3 is 2.53 bits per heavy atom. The maximum Gasteiger partial charge on any atom is 0.346 e. The van der Waals surface area contributed by atoms with Crippen molar-refractivity contribution in [2.75, 3.05) is 13.7 Å². The van der Waals surface area contributed by atoms with Crippen LogP contribution in [0.3, 0.4) is 0 Å². The largest absolute Gasteiger partial charge is 0.479 e. The Kier molecular flexibility index (Phi) is 8.98. The van der Waals surface area contributed by atoms with E-state index in [0.29, 0.717) is 21.7 Å². The van der Waals surface area contributed by atoms with Crippen molar-refractivity contribution >= 4 is 29.4 Å². The minimum absolute atomic E-state index is 0.0166. The highest BCUT2D eigenvalue weighted by Crippen LogP contribution is 2.26. The van der Waals surface area contributed by atoms with Crippen LogP contribution in [0.15, 0.2) is 53.1 Å². The van der Waals surface area contributed by atoms with Gasteiger partial charge in [0.1, 0.15) is 5.82 Å². The van der Waals surface area contributed by atoms with Crippen molar-refractivity contribution in [2.24, 2.45) is 0 Å². The number of aromatic nitrogens is 1. The third-order valence-corrected chi connectivity index (χ3v) is 5.21. The minimum atomic E-state index is -1.55. The second kappa shape index (κ2) is 12.1. The quantitative estimate of drug-likeness (QED) is 0.287. The summed E-state index contributed by atoms with van der Waals surface area (Å²) in [5.74, 6) is -3.36. The number of nitrogens with zero attached hydrogens (tertiary/aromatic N) is 2. The van der Waals surface area contributed by atoms with Gasteiger partial charge < -0.3 is 19.1 Å². The predicted molar refractivity (Wildman–Crippen MR) is 126 cm³/mol. The molecule has 2 N–H and O–H groups in total. The summed E-state index contributed by atoms with van der Waals surface area (Å²) >= 11 is 5.98. The van der Waals surface area contributed by atoms with Crippen LogP contribution in [-0.2, 0) is 20.9 Å². The summed E-state index contributed by atoms with van der Waals surface area (Å²) in [6, 6.07) is 12.2. The first-order valence-electron chi connectivity index (χ1n) is 10.7. The van der Waals surface area contributed by atoms with Gasteiger partial charge in [0.15, 0.2) is 0 Å². The lowest BCUT2D eigenvalue weighted by Crippen LogP contribution is -2.48. The number of ether oxygens (including phenoxy) is 2. The summed E-state index contributed by atoms with van der Waals surface area (Å²) in [6.45, 7) is 1.17. The molecule has 0 bridgehead atoms. The molecule has 12 heteroatoms. The molecule has 190 valence electrons. The summed E-state index contributed by atoms with van der Waals surface area (Å²) in [6.07, 6.45) is -1.57. The highest BCUT2D eigenvalue weighted by atomic mass is 35.5. The van der Waals surface area contributed by atoms with Crippen LogP contribution in [0.4, 0.5) is 4.39 Å². The van der Waals surface area contributed by atoms with Crippen LogP contribution in [0.5, 0.6) is 5.88 Å². The Balaban J connectivity index is 1.82. The normalized spacial score (nSPS) is 11.7. The number of hydrogen-bond donors (Lipinski definition) is 2. The number of amides is 1. The first kappa shape index (κ1) is 26.6. The van der Waals surface area contributed by atoms with Gasteiger partial charge >= 0.3 is 17.8 Å². The third-order valence-electron chi connectivity index (χ3n) is 4.97. The van der Waals surface area contributed by atoms with E-state index in [9.17, 15) is 23.9 Å². The minimum Gasteiger partial charge on any atom is -0.479 e. The van der Waals surface area contributed by atoms with E-state index in [-0.39, 0.29) is 31.2 Å². The predicted octanol–water partition coefficient (Wildman–Crippen LogP) is 3.70. The van der Waals surface area contributed by atoms with Gasteiger partial charge in [0.25, 0.3) is 5.88 Å². The van der Waals surface area contributed by atoms with Gasteiger partial charge in [0.2, 0.25) is 11.9 Å². The van der Waals surface area contributed by atoms with Crippen molar-refractivity contribution < 1.29 is 37.9 Å². The number of carboxylic acids is 1. The average molecular weight is 520 g/mol. The van der Waals surface area contributed by atoms with Crippen LogP contribution in [0.1, 0.15) is 29.5 Å². The number of hydrogen-bond acceptors (Lipinski definition) is 8. The van der Waals surface area contributed by atoms with Crippen molar-refractivity contribution in [1.82, 2.24) is 15.6 Å². The van der Waals surface area contributed by atoms with E-state index in [2.05, 4.69) is 10.6 Å². The molecule has 3 rings (SSSR count). The standard InChI is InChI=1S/C24H23ClFN3O7/c1-3-22(30)35-20(24(32)33)13-29(27-23(31)19-11-21(34-2)28-36-19)12-14-4-6-15(7-5-14)17-10-16(25)8-9-18(17)26/h4-11,20H,3,12-13H2,1-2H3,(H,27,31)(H,32,33)/t20-/m1/s1. The summed E-state index contributed by atoms with van der Waals surface area (Å²) in [5, 5.41) is 14.7. The van der Waals surface area contributed by atoms with E-state index in [0.717, 1.165) is 0 Å². The fourth-order valence-corrected chi connectivity index (χ4v) is 3.32. The SMILES string of the molecule is CCC(=O)O[C@H](CN(Cc1ccc(-c2cc(Cl)ccc2F)cc1)NC(=O)c1cc(OC)no1)C(=O)O. The van der Waals surface area contributed by atoms with Crippen molar-refractivity contribution in [3.05, 3.63) is 70.7 Å². The fourth-order valence-electron chi connectivity index (χ4n) is 3.15. The maximum atomic E-state index is 14.2. The molecule has 0 fully saturated rings. The lowest BCUT2D eigenvalue weighted by molar-refractivity contribution is -0.165. The third kappa shape index (κ3) is 7.03. The van der Waals surface area contributed by atoms with Crippen molar-refractivity contribution in [3.63, 3.8) is 0 Å². The van der Waals surface area contributed by atoms with Crippen LogP contribution in [-0.4, -0.2) is 52.9 Å². The molecule has 0 unspecified atom stereocenters. The average Bonchev–Trinajstić information content (AvgIpc) is 3.35. The van der Waals surface area contributed by atoms with Crippen LogP contribution in [0.25, 0.3) is 11.1 Å². The summed E-state index contributed by atoms with van der Waals surface area (Å²) in [7, 11) is 1.35. The van der Waals surface area contributed by atoms with E-state index in [1.807, 2.05) is 0 Å². The highest BCUT2D eigenvalue weighted by Gasteiger charge is 2.27. The summed E-state index contributed by atoms with van der Waals surface area (Å²) in [5.41, 5.74) is 4.06. The molecule has 0 aliphatic heterocycles. The molecule has 1 heterocycles. The Bertz CT molecular complexity index is 1230. The Morgan fingerprint density at radius 2 is 1.92 bits per heavy atom. The molecule has 10 nitrogen and oxygen atoms in total. The molecule has 0 saturated carbocycles. The molecule has 2 aromatic carbocycles. The van der Waals surface area contributed by atoms with Crippen molar-refractivity contribution in [1.29, 1.82) is 0 Å². The van der Waals surface area contributed by atoms with Gasteiger partial charge in [0, 0.05) is 23.6 Å². The zero-order chi connectivity index (χ0) is 26.2. The first-order chi connectivity index (χ1) is 17.2. The van der Waals surface area contributed by atoms with E-state index >= 15 is 0 Å². The number of aliphatic carboxylic acids is 1. The van der Waals surface area contributed by atoms with E-state index in [1.54, 1.807) is 24.3 Å². The zero-order valence-corrected chi connectivity index (χ0v) is 20.1. The molecule has 0 aliphatic carbocycles. The number of hydrazine groups is 1. The number of carbonyl (C=O) groups excluding carboxylic acids is 2. The van der Waals surface area contributed by atoms with Gasteiger partial charge in [-0.3, -0.25) is 15.0 Å². The lowest BCUT2D eigenvalue weighted by Gasteiger charge is -2.25.